The van der Waals surface area contributed by atoms with E-state index < -0.39 is 0 Å². The summed E-state index contributed by atoms with van der Waals surface area (Å²) in [4.78, 5) is 0. The third-order valence-corrected chi connectivity index (χ3v) is 1.32. The van der Waals surface area contributed by atoms with Crippen molar-refractivity contribution in [1.82, 2.24) is 0 Å². The Morgan fingerprint density at radius 2 is 2.50 bits per heavy atom. The maximum absolute atomic E-state index is 5.43. The summed E-state index contributed by atoms with van der Waals surface area (Å²) in [5.74, 6) is 0. The van der Waals surface area contributed by atoms with Crippen LogP contribution in [-0.4, -0.2) is 10.7 Å². The molecule has 0 amide bonds. The first-order chi connectivity index (χ1) is 2.81. The van der Waals surface area contributed by atoms with E-state index in [1.54, 1.807) is 0 Å². The number of alkyl halides is 1. The van der Waals surface area contributed by atoms with Crippen LogP contribution in [0.3, 0.4) is 0 Å². The van der Waals surface area contributed by atoms with Gasteiger partial charge in [0, 0.05) is 5.37 Å². The van der Waals surface area contributed by atoms with E-state index in [2.05, 4.69) is 17.6 Å². The molecule has 0 aliphatic carbocycles. The fraction of sp³-hybridized carbons (Fsp3) is 0.750. The predicted molar refractivity (Wildman–Crippen MR) is 32.5 cm³/mol. The SMILES string of the molecule is CCC(Cl)[C]=S. The molecule has 0 bridgehead atoms. The van der Waals surface area contributed by atoms with Gasteiger partial charge in [0.2, 0.25) is 0 Å². The van der Waals surface area contributed by atoms with Crippen LogP contribution in [0.4, 0.5) is 0 Å². The van der Waals surface area contributed by atoms with Crippen molar-refractivity contribution in [1.29, 1.82) is 0 Å². The molecule has 1 radical (unpaired) electrons. The van der Waals surface area contributed by atoms with E-state index in [-0.39, 0.29) is 5.38 Å². The van der Waals surface area contributed by atoms with Gasteiger partial charge in [-0.25, -0.2) is 0 Å². The van der Waals surface area contributed by atoms with Gasteiger partial charge in [-0.1, -0.05) is 19.1 Å². The molecular formula is C4H6ClS. The second-order valence-corrected chi connectivity index (χ2v) is 1.76. The summed E-state index contributed by atoms with van der Waals surface area (Å²) < 4.78 is 0. The van der Waals surface area contributed by atoms with Gasteiger partial charge in [0.05, 0.1) is 5.38 Å². The third-order valence-electron chi connectivity index (χ3n) is 0.486. The monoisotopic (exact) mass is 121 g/mol. The standard InChI is InChI=1S/C4H6ClS/c1-2-4(5)3-6/h4H,2H2,1H3. The summed E-state index contributed by atoms with van der Waals surface area (Å²) in [5.41, 5.74) is 0. The fourth-order valence-electron chi connectivity index (χ4n) is 0.0833. The molecule has 1 atom stereocenters. The zero-order chi connectivity index (χ0) is 4.99. The highest BCUT2D eigenvalue weighted by molar-refractivity contribution is 7.79. The summed E-state index contributed by atoms with van der Waals surface area (Å²) in [6, 6.07) is 0. The predicted octanol–water partition coefficient (Wildman–Crippen LogP) is 1.88. The summed E-state index contributed by atoms with van der Waals surface area (Å²) in [5, 5.41) is 2.44. The highest BCUT2D eigenvalue weighted by Crippen LogP contribution is 1.95. The molecule has 0 aliphatic heterocycles. The van der Waals surface area contributed by atoms with Crippen molar-refractivity contribution in [3.63, 3.8) is 0 Å². The van der Waals surface area contributed by atoms with Gasteiger partial charge in [-0.3, -0.25) is 0 Å². The van der Waals surface area contributed by atoms with E-state index in [1.807, 2.05) is 6.92 Å². The van der Waals surface area contributed by atoms with Gasteiger partial charge in [-0.05, 0) is 6.42 Å². The highest BCUT2D eigenvalue weighted by atomic mass is 35.5. The molecule has 0 aromatic heterocycles. The Balaban J connectivity index is 2.96. The Morgan fingerprint density at radius 3 is 2.50 bits per heavy atom. The third kappa shape index (κ3) is 2.61. The van der Waals surface area contributed by atoms with Crippen LogP contribution in [0.2, 0.25) is 0 Å². The van der Waals surface area contributed by atoms with Gasteiger partial charge < -0.3 is 0 Å². The lowest BCUT2D eigenvalue weighted by Gasteiger charge is -1.88. The van der Waals surface area contributed by atoms with Gasteiger partial charge in [0.25, 0.3) is 0 Å². The van der Waals surface area contributed by atoms with Gasteiger partial charge >= 0.3 is 0 Å². The summed E-state index contributed by atoms with van der Waals surface area (Å²) >= 11 is 9.83. The van der Waals surface area contributed by atoms with Crippen molar-refractivity contribution < 1.29 is 0 Å². The summed E-state index contributed by atoms with van der Waals surface area (Å²) in [6.45, 7) is 1.97. The summed E-state index contributed by atoms with van der Waals surface area (Å²) in [7, 11) is 0. The lowest BCUT2D eigenvalue weighted by Crippen LogP contribution is -1.92. The molecule has 0 aliphatic rings. The molecule has 6 heavy (non-hydrogen) atoms. The average Bonchev–Trinajstić information content (AvgIpc) is 1.65. The quantitative estimate of drug-likeness (QED) is 0.397. The van der Waals surface area contributed by atoms with Crippen molar-refractivity contribution in [2.75, 3.05) is 0 Å². The number of hydrogen-bond acceptors (Lipinski definition) is 1. The number of rotatable bonds is 2. The minimum atomic E-state index is -0.0278. The molecule has 0 aromatic rings. The summed E-state index contributed by atoms with van der Waals surface area (Å²) in [6.07, 6.45) is 0.880. The minimum absolute atomic E-state index is 0.0278. The van der Waals surface area contributed by atoms with E-state index >= 15 is 0 Å². The molecule has 0 heterocycles. The Kier molecular flexibility index (Phi) is 3.79. The zero-order valence-electron chi connectivity index (χ0n) is 3.57. The Bertz CT molecular complexity index is 44.8. The highest BCUT2D eigenvalue weighted by Gasteiger charge is 1.90. The van der Waals surface area contributed by atoms with Crippen LogP contribution in [0.5, 0.6) is 0 Å². The Hall–Kier alpha value is 0.380. The zero-order valence-corrected chi connectivity index (χ0v) is 5.14. The molecule has 0 aromatic carbocycles. The van der Waals surface area contributed by atoms with E-state index in [0.717, 1.165) is 6.42 Å². The molecule has 0 nitrogen and oxygen atoms in total. The lowest BCUT2D eigenvalue weighted by atomic mass is 10.4. The van der Waals surface area contributed by atoms with Crippen LogP contribution < -0.4 is 0 Å². The molecule has 0 fully saturated rings. The molecule has 2 heteroatoms. The van der Waals surface area contributed by atoms with Gasteiger partial charge in [-0.2, -0.15) is 0 Å². The van der Waals surface area contributed by atoms with Gasteiger partial charge in [-0.15, -0.1) is 11.6 Å². The Labute approximate surface area is 48.5 Å². The molecule has 0 rings (SSSR count). The minimum Gasteiger partial charge on any atom is -0.117 e. The molecule has 1 unspecified atom stereocenters. The maximum Gasteiger partial charge on any atom is 0.0696 e. The van der Waals surface area contributed by atoms with Crippen molar-refractivity contribution in [3.8, 4) is 0 Å². The number of thiocarbonyl (C=S) groups is 1. The van der Waals surface area contributed by atoms with E-state index in [1.165, 1.54) is 0 Å². The van der Waals surface area contributed by atoms with Crippen LogP contribution >= 0.6 is 23.8 Å². The molecule has 0 saturated heterocycles. The second-order valence-electron chi connectivity index (χ2n) is 0.994. The molecule has 35 valence electrons. The van der Waals surface area contributed by atoms with E-state index in [4.69, 9.17) is 11.6 Å². The maximum atomic E-state index is 5.43. The van der Waals surface area contributed by atoms with Crippen molar-refractivity contribution in [2.45, 2.75) is 18.7 Å². The van der Waals surface area contributed by atoms with Crippen molar-refractivity contribution >= 4 is 29.2 Å². The topological polar surface area (TPSA) is 0 Å². The van der Waals surface area contributed by atoms with Gasteiger partial charge in [0.1, 0.15) is 0 Å². The smallest absolute Gasteiger partial charge is 0.0696 e. The average molecular weight is 122 g/mol. The van der Waals surface area contributed by atoms with Gasteiger partial charge in [0.15, 0.2) is 0 Å². The normalized spacial score (nSPS) is 13.7. The van der Waals surface area contributed by atoms with Crippen LogP contribution in [0, 0.1) is 0 Å². The van der Waals surface area contributed by atoms with Crippen LogP contribution in [0.15, 0.2) is 0 Å². The number of halogens is 1. The van der Waals surface area contributed by atoms with Crippen LogP contribution in [0.1, 0.15) is 13.3 Å². The lowest BCUT2D eigenvalue weighted by molar-refractivity contribution is 1.02. The van der Waals surface area contributed by atoms with Crippen molar-refractivity contribution in [2.24, 2.45) is 0 Å². The largest absolute Gasteiger partial charge is 0.117 e. The second kappa shape index (κ2) is 3.57. The molecule has 0 spiro atoms. The number of hydrogen-bond donors (Lipinski definition) is 0. The van der Waals surface area contributed by atoms with Crippen molar-refractivity contribution in [3.05, 3.63) is 0 Å². The molecular weight excluding hydrogens is 116 g/mol. The van der Waals surface area contributed by atoms with E-state index in [9.17, 15) is 0 Å². The van der Waals surface area contributed by atoms with E-state index in [0.29, 0.717) is 0 Å². The first kappa shape index (κ1) is 6.38. The fourth-order valence-corrected chi connectivity index (χ4v) is 0.250. The first-order valence-electron chi connectivity index (χ1n) is 1.83. The first-order valence-corrected chi connectivity index (χ1v) is 2.67. The van der Waals surface area contributed by atoms with Crippen LogP contribution in [0.25, 0.3) is 0 Å². The molecule has 0 saturated carbocycles. The van der Waals surface area contributed by atoms with Crippen LogP contribution in [-0.2, 0) is 0 Å². The molecule has 0 N–H and O–H groups in total. The Morgan fingerprint density at radius 1 is 2.00 bits per heavy atom.